The van der Waals surface area contributed by atoms with Crippen LogP contribution in [-0.2, 0) is 0 Å². The third-order valence-electron chi connectivity index (χ3n) is 2.76. The number of nitrogens with zero attached hydrogens (tertiary/aromatic N) is 1. The molecule has 21 heavy (non-hydrogen) atoms. The molecule has 5 nitrogen and oxygen atoms in total. The minimum Gasteiger partial charge on any atom is -0.349 e. The molecule has 1 atom stereocenters. The number of alkyl halides is 3. The average Bonchev–Trinajstić information content (AvgIpc) is 2.35. The summed E-state index contributed by atoms with van der Waals surface area (Å²) in [5.41, 5.74) is 3.18. The van der Waals surface area contributed by atoms with E-state index in [1.807, 2.05) is 13.8 Å². The van der Waals surface area contributed by atoms with Crippen LogP contribution in [0, 0.1) is 0 Å². The predicted octanol–water partition coefficient (Wildman–Crippen LogP) is 2.56. The monoisotopic (exact) mass is 304 g/mol. The molecule has 1 heterocycles. The molecular formula is C13H19F3N4O. The van der Waals surface area contributed by atoms with Crippen LogP contribution in [0.25, 0.3) is 0 Å². The molecular weight excluding hydrogens is 285 g/mol. The van der Waals surface area contributed by atoms with Crippen molar-refractivity contribution in [3.63, 3.8) is 0 Å². The minimum atomic E-state index is -4.32. The van der Waals surface area contributed by atoms with E-state index in [4.69, 9.17) is 5.84 Å². The lowest BCUT2D eigenvalue weighted by molar-refractivity contribution is -0.138. The van der Waals surface area contributed by atoms with Gasteiger partial charge in [-0.25, -0.2) is 10.8 Å². The highest BCUT2D eigenvalue weighted by molar-refractivity contribution is 5.95. The summed E-state index contributed by atoms with van der Waals surface area (Å²) in [6.07, 6.45) is -5.40. The summed E-state index contributed by atoms with van der Waals surface area (Å²) in [7, 11) is 0. The molecule has 1 aromatic rings. The molecule has 8 heteroatoms. The van der Waals surface area contributed by atoms with Crippen LogP contribution in [0.4, 0.5) is 19.0 Å². The van der Waals surface area contributed by atoms with Crippen molar-refractivity contribution in [3.8, 4) is 0 Å². The zero-order valence-corrected chi connectivity index (χ0v) is 12.1. The Bertz CT molecular complexity index is 503. The second kappa shape index (κ2) is 6.75. The van der Waals surface area contributed by atoms with E-state index in [1.54, 1.807) is 6.07 Å². The van der Waals surface area contributed by atoms with Gasteiger partial charge in [-0.2, -0.15) is 13.2 Å². The molecule has 0 fully saturated rings. The third kappa shape index (κ3) is 5.58. The maximum atomic E-state index is 12.3. The van der Waals surface area contributed by atoms with Gasteiger partial charge < -0.3 is 10.7 Å². The molecule has 1 amide bonds. The molecule has 0 aliphatic rings. The maximum Gasteiger partial charge on any atom is 0.391 e. The van der Waals surface area contributed by atoms with Gasteiger partial charge in [-0.05, 0) is 25.0 Å². The van der Waals surface area contributed by atoms with Gasteiger partial charge in [-0.3, -0.25) is 4.79 Å². The number of nitrogen functional groups attached to an aromatic ring is 1. The quantitative estimate of drug-likeness (QED) is 0.577. The van der Waals surface area contributed by atoms with Crippen molar-refractivity contribution >= 4 is 11.7 Å². The fraction of sp³-hybridized carbons (Fsp3) is 0.538. The van der Waals surface area contributed by atoms with E-state index in [2.05, 4.69) is 15.7 Å². The molecule has 0 radical (unpaired) electrons. The van der Waals surface area contributed by atoms with Gasteiger partial charge in [0.1, 0.15) is 5.82 Å². The number of carbonyl (C=O) groups is 1. The lowest BCUT2D eigenvalue weighted by atomic mass is 10.1. The first-order valence-corrected chi connectivity index (χ1v) is 6.48. The standard InChI is InChI=1S/C13H19F3N4O/c1-7(2)10-4-9(5-11(19-10)20-17)12(21)18-8(3)6-13(14,15)16/h4-5,7-8H,6,17H2,1-3H3,(H,18,21)(H,19,20). The van der Waals surface area contributed by atoms with E-state index in [9.17, 15) is 18.0 Å². The normalized spacial score (nSPS) is 13.1. The largest absolute Gasteiger partial charge is 0.391 e. The second-order valence-corrected chi connectivity index (χ2v) is 5.16. The van der Waals surface area contributed by atoms with Crippen LogP contribution >= 0.6 is 0 Å². The Labute approximate surface area is 121 Å². The number of rotatable bonds is 5. The van der Waals surface area contributed by atoms with Crippen LogP contribution in [0.1, 0.15) is 49.2 Å². The van der Waals surface area contributed by atoms with Gasteiger partial charge in [0.25, 0.3) is 5.91 Å². The number of aromatic nitrogens is 1. The van der Waals surface area contributed by atoms with Crippen LogP contribution in [0.3, 0.4) is 0 Å². The van der Waals surface area contributed by atoms with Crippen molar-refractivity contribution in [1.82, 2.24) is 10.3 Å². The average molecular weight is 304 g/mol. The number of carbonyl (C=O) groups excluding carboxylic acids is 1. The van der Waals surface area contributed by atoms with Crippen molar-refractivity contribution < 1.29 is 18.0 Å². The van der Waals surface area contributed by atoms with Crippen LogP contribution < -0.4 is 16.6 Å². The van der Waals surface area contributed by atoms with Crippen LogP contribution in [-0.4, -0.2) is 23.1 Å². The van der Waals surface area contributed by atoms with Crippen LogP contribution in [0.2, 0.25) is 0 Å². The lowest BCUT2D eigenvalue weighted by Gasteiger charge is -2.17. The number of nitrogens with one attached hydrogen (secondary N) is 2. The molecule has 0 saturated carbocycles. The summed E-state index contributed by atoms with van der Waals surface area (Å²) in [6.45, 7) is 5.07. The number of hydrogen-bond acceptors (Lipinski definition) is 4. The highest BCUT2D eigenvalue weighted by Gasteiger charge is 2.30. The van der Waals surface area contributed by atoms with Crippen LogP contribution in [0.15, 0.2) is 12.1 Å². The molecule has 118 valence electrons. The minimum absolute atomic E-state index is 0.0532. The SMILES string of the molecule is CC(CC(F)(F)F)NC(=O)c1cc(NN)nc(C(C)C)c1. The fourth-order valence-corrected chi connectivity index (χ4v) is 1.76. The molecule has 1 unspecified atom stereocenters. The number of hydrogen-bond donors (Lipinski definition) is 3. The number of amides is 1. The van der Waals surface area contributed by atoms with Gasteiger partial charge in [0.05, 0.1) is 6.42 Å². The van der Waals surface area contributed by atoms with Crippen molar-refractivity contribution in [2.24, 2.45) is 5.84 Å². The fourth-order valence-electron chi connectivity index (χ4n) is 1.76. The molecule has 0 spiro atoms. The first-order valence-electron chi connectivity index (χ1n) is 6.48. The molecule has 1 rings (SSSR count). The summed E-state index contributed by atoms with van der Waals surface area (Å²) >= 11 is 0. The summed E-state index contributed by atoms with van der Waals surface area (Å²) in [5.74, 6) is 5.03. The summed E-state index contributed by atoms with van der Waals surface area (Å²) in [5, 5.41) is 2.31. The van der Waals surface area contributed by atoms with E-state index in [1.165, 1.54) is 13.0 Å². The molecule has 0 aliphatic heterocycles. The Kier molecular flexibility index (Phi) is 5.54. The zero-order valence-electron chi connectivity index (χ0n) is 12.1. The van der Waals surface area contributed by atoms with E-state index in [0.717, 1.165) is 0 Å². The lowest BCUT2D eigenvalue weighted by Crippen LogP contribution is -2.36. The summed E-state index contributed by atoms with van der Waals surface area (Å²) in [6, 6.07) is 1.92. The first-order chi connectivity index (χ1) is 9.62. The Balaban J connectivity index is 2.89. The van der Waals surface area contributed by atoms with Gasteiger partial charge in [-0.15, -0.1) is 0 Å². The topological polar surface area (TPSA) is 80.0 Å². The Morgan fingerprint density at radius 1 is 1.33 bits per heavy atom. The maximum absolute atomic E-state index is 12.3. The second-order valence-electron chi connectivity index (χ2n) is 5.16. The van der Waals surface area contributed by atoms with Gasteiger partial charge in [0.2, 0.25) is 0 Å². The number of anilines is 1. The van der Waals surface area contributed by atoms with E-state index in [0.29, 0.717) is 5.69 Å². The predicted molar refractivity (Wildman–Crippen MR) is 73.7 cm³/mol. The molecule has 0 saturated heterocycles. The highest BCUT2D eigenvalue weighted by Crippen LogP contribution is 2.22. The Morgan fingerprint density at radius 3 is 2.43 bits per heavy atom. The van der Waals surface area contributed by atoms with Crippen molar-refractivity contribution in [3.05, 3.63) is 23.4 Å². The van der Waals surface area contributed by atoms with Gasteiger partial charge >= 0.3 is 6.18 Å². The molecule has 1 aromatic heterocycles. The summed E-state index contributed by atoms with van der Waals surface area (Å²) in [4.78, 5) is 16.2. The summed E-state index contributed by atoms with van der Waals surface area (Å²) < 4.78 is 36.8. The van der Waals surface area contributed by atoms with Gasteiger partial charge in [0, 0.05) is 17.3 Å². The van der Waals surface area contributed by atoms with Crippen LogP contribution in [0.5, 0.6) is 0 Å². The van der Waals surface area contributed by atoms with Crippen molar-refractivity contribution in [2.45, 2.75) is 45.3 Å². The van der Waals surface area contributed by atoms with Crippen molar-refractivity contribution in [1.29, 1.82) is 0 Å². The van der Waals surface area contributed by atoms with E-state index < -0.39 is 24.5 Å². The molecule has 0 aliphatic carbocycles. The van der Waals surface area contributed by atoms with Gasteiger partial charge in [-0.1, -0.05) is 13.8 Å². The smallest absolute Gasteiger partial charge is 0.349 e. The molecule has 4 N–H and O–H groups in total. The molecule has 0 aromatic carbocycles. The Morgan fingerprint density at radius 2 is 1.95 bits per heavy atom. The molecule has 0 bridgehead atoms. The first kappa shape index (κ1) is 17.2. The number of halogens is 3. The number of hydrazine groups is 1. The van der Waals surface area contributed by atoms with Gasteiger partial charge in [0.15, 0.2) is 0 Å². The number of nitrogens with two attached hydrogens (primary N) is 1. The highest BCUT2D eigenvalue weighted by atomic mass is 19.4. The van der Waals surface area contributed by atoms with Crippen molar-refractivity contribution in [2.75, 3.05) is 5.43 Å². The third-order valence-corrected chi connectivity index (χ3v) is 2.76. The number of pyridine rings is 1. The Hall–Kier alpha value is -1.83. The van der Waals surface area contributed by atoms with E-state index >= 15 is 0 Å². The zero-order chi connectivity index (χ0) is 16.2. The van der Waals surface area contributed by atoms with E-state index in [-0.39, 0.29) is 17.3 Å².